The fourth-order valence-electron chi connectivity index (χ4n) is 0.303. The number of allylic oxidation sites excluding steroid dienone is 1. The van der Waals surface area contributed by atoms with Gasteiger partial charge in [0.1, 0.15) is 12.9 Å². The molecule has 0 unspecified atom stereocenters. The molecule has 0 radical (unpaired) electrons. The molecular weight excluding hydrogens is 116 g/mol. The maximum absolute atomic E-state index is 9.71. The number of ether oxygens (including phenoxy) is 1. The van der Waals surface area contributed by atoms with E-state index in [0.29, 0.717) is 13.0 Å². The van der Waals surface area contributed by atoms with Crippen LogP contribution in [0.4, 0.5) is 0 Å². The Morgan fingerprint density at radius 1 is 1.56 bits per heavy atom. The molecule has 0 aromatic rings. The molecule has 0 rings (SSSR count). The molecule has 50 valence electrons. The highest BCUT2D eigenvalue weighted by Gasteiger charge is 1.71. The van der Waals surface area contributed by atoms with Crippen LogP contribution in [0.1, 0.15) is 6.42 Å². The van der Waals surface area contributed by atoms with Crippen molar-refractivity contribution in [3.8, 4) is 0 Å². The third-order valence-corrected chi connectivity index (χ3v) is 0.639. The van der Waals surface area contributed by atoms with Crippen molar-refractivity contribution in [2.75, 3.05) is 6.61 Å². The summed E-state index contributed by atoms with van der Waals surface area (Å²) < 4.78 is 4.83. The van der Waals surface area contributed by atoms with Crippen molar-refractivity contribution in [1.29, 1.82) is 0 Å². The topological polar surface area (TPSA) is 26.3 Å². The molecule has 2 nitrogen and oxygen atoms in total. The van der Waals surface area contributed by atoms with Gasteiger partial charge < -0.3 is 9.53 Å². The summed E-state index contributed by atoms with van der Waals surface area (Å²) in [7, 11) is 0. The minimum Gasteiger partial charge on any atom is -0.497 e. The summed E-state index contributed by atoms with van der Waals surface area (Å²) in [6.45, 7) is 3.95. The van der Waals surface area contributed by atoms with Gasteiger partial charge in [0.25, 0.3) is 0 Å². The predicted molar refractivity (Wildman–Crippen MR) is 36.0 cm³/mol. The minimum atomic E-state index is 0.414. The van der Waals surface area contributed by atoms with Crippen molar-refractivity contribution in [1.82, 2.24) is 0 Å². The lowest BCUT2D eigenvalue weighted by molar-refractivity contribution is -0.107. The second-order valence-corrected chi connectivity index (χ2v) is 1.40. The van der Waals surface area contributed by atoms with Crippen molar-refractivity contribution in [2.24, 2.45) is 0 Å². The Morgan fingerprint density at radius 2 is 2.33 bits per heavy atom. The number of aldehydes is 1. The summed E-state index contributed by atoms with van der Waals surface area (Å²) in [4.78, 5) is 9.71. The first kappa shape index (κ1) is 7.95. The molecule has 0 spiro atoms. The Balaban J connectivity index is 3.03. The number of hydrogen-bond acceptors (Lipinski definition) is 2. The third-order valence-electron chi connectivity index (χ3n) is 0.639. The van der Waals surface area contributed by atoms with Crippen LogP contribution in [0.5, 0.6) is 0 Å². The van der Waals surface area contributed by atoms with E-state index >= 15 is 0 Å². The summed E-state index contributed by atoms with van der Waals surface area (Å²) in [6.07, 6.45) is 6.02. The van der Waals surface area contributed by atoms with Crippen LogP contribution in [-0.2, 0) is 9.53 Å². The first-order valence-corrected chi connectivity index (χ1v) is 2.73. The Kier molecular flexibility index (Phi) is 6.14. The predicted octanol–water partition coefficient (Wildman–Crippen LogP) is 1.29. The van der Waals surface area contributed by atoms with Crippen LogP contribution in [0, 0.1) is 0 Å². The molecule has 0 amide bonds. The molecule has 0 aliphatic carbocycles. The summed E-state index contributed by atoms with van der Waals surface area (Å²) in [5, 5.41) is 0. The van der Waals surface area contributed by atoms with Crippen molar-refractivity contribution < 1.29 is 9.53 Å². The molecule has 0 aromatic carbocycles. The lowest BCUT2D eigenvalue weighted by atomic mass is 10.5. The van der Waals surface area contributed by atoms with Gasteiger partial charge in [0, 0.05) is 6.42 Å². The Hall–Kier alpha value is -1.05. The quantitative estimate of drug-likeness (QED) is 0.240. The van der Waals surface area contributed by atoms with Crippen molar-refractivity contribution >= 4 is 6.29 Å². The van der Waals surface area contributed by atoms with Gasteiger partial charge in [-0.2, -0.15) is 0 Å². The molecular formula is C7H10O2. The van der Waals surface area contributed by atoms with E-state index in [2.05, 4.69) is 6.58 Å². The van der Waals surface area contributed by atoms with Crippen molar-refractivity contribution in [3.05, 3.63) is 25.0 Å². The largest absolute Gasteiger partial charge is 0.497 e. The summed E-state index contributed by atoms with van der Waals surface area (Å²) in [5.41, 5.74) is 0. The van der Waals surface area contributed by atoms with E-state index in [4.69, 9.17) is 4.74 Å². The maximum Gasteiger partial charge on any atom is 0.123 e. The van der Waals surface area contributed by atoms with Gasteiger partial charge in [-0.3, -0.25) is 0 Å². The van der Waals surface area contributed by atoms with Gasteiger partial charge in [-0.25, -0.2) is 0 Å². The molecule has 0 aliphatic rings. The maximum atomic E-state index is 9.71. The fourth-order valence-corrected chi connectivity index (χ4v) is 0.303. The smallest absolute Gasteiger partial charge is 0.123 e. The van der Waals surface area contributed by atoms with Crippen LogP contribution in [0.2, 0.25) is 0 Å². The standard InChI is InChI=1S/C7H10O2/c1-2-6-9-7-4-3-5-8/h2,4-5,7H,1,3,6H2/b7-4+. The minimum absolute atomic E-state index is 0.414. The normalized spacial score (nSPS) is 9.33. The van der Waals surface area contributed by atoms with Gasteiger partial charge in [0.15, 0.2) is 0 Å². The average molecular weight is 126 g/mol. The average Bonchev–Trinajstić information content (AvgIpc) is 1.89. The monoisotopic (exact) mass is 126 g/mol. The zero-order chi connectivity index (χ0) is 6.95. The van der Waals surface area contributed by atoms with Crippen LogP contribution < -0.4 is 0 Å². The van der Waals surface area contributed by atoms with Crippen LogP contribution >= 0.6 is 0 Å². The molecule has 0 bridgehead atoms. The number of carbonyl (C=O) groups excluding carboxylic acids is 1. The van der Waals surface area contributed by atoms with Gasteiger partial charge in [0.2, 0.25) is 0 Å². The first-order chi connectivity index (χ1) is 4.41. The SMILES string of the molecule is C=CCO/C=C/CC=O. The molecule has 0 N–H and O–H groups in total. The van der Waals surface area contributed by atoms with E-state index in [0.717, 1.165) is 6.29 Å². The highest BCUT2D eigenvalue weighted by Crippen LogP contribution is 1.80. The van der Waals surface area contributed by atoms with Crippen LogP contribution in [0.25, 0.3) is 0 Å². The summed E-state index contributed by atoms with van der Waals surface area (Å²) in [5.74, 6) is 0. The highest BCUT2D eigenvalue weighted by molar-refractivity contribution is 5.51. The molecule has 9 heavy (non-hydrogen) atoms. The molecule has 0 atom stereocenters. The van der Waals surface area contributed by atoms with Crippen LogP contribution in [0.15, 0.2) is 25.0 Å². The number of hydrogen-bond donors (Lipinski definition) is 0. The molecule has 0 saturated carbocycles. The Morgan fingerprint density at radius 3 is 2.89 bits per heavy atom. The Bertz CT molecular complexity index is 105. The molecule has 0 saturated heterocycles. The zero-order valence-corrected chi connectivity index (χ0v) is 5.25. The second-order valence-electron chi connectivity index (χ2n) is 1.40. The van der Waals surface area contributed by atoms with Gasteiger partial charge in [-0.05, 0) is 6.08 Å². The lowest BCUT2D eigenvalue weighted by Gasteiger charge is -1.89. The van der Waals surface area contributed by atoms with E-state index in [9.17, 15) is 4.79 Å². The third kappa shape index (κ3) is 6.95. The van der Waals surface area contributed by atoms with E-state index in [-0.39, 0.29) is 0 Å². The zero-order valence-electron chi connectivity index (χ0n) is 5.25. The van der Waals surface area contributed by atoms with Crippen LogP contribution in [0.3, 0.4) is 0 Å². The summed E-state index contributed by atoms with van der Waals surface area (Å²) >= 11 is 0. The molecule has 0 heterocycles. The van der Waals surface area contributed by atoms with Gasteiger partial charge >= 0.3 is 0 Å². The van der Waals surface area contributed by atoms with E-state index in [1.165, 1.54) is 6.26 Å². The van der Waals surface area contributed by atoms with Gasteiger partial charge in [0.05, 0.1) is 6.26 Å². The van der Waals surface area contributed by atoms with E-state index in [1.807, 2.05) is 0 Å². The Labute approximate surface area is 54.8 Å². The number of rotatable bonds is 5. The summed E-state index contributed by atoms with van der Waals surface area (Å²) in [6, 6.07) is 0. The first-order valence-electron chi connectivity index (χ1n) is 2.73. The van der Waals surface area contributed by atoms with Crippen molar-refractivity contribution in [2.45, 2.75) is 6.42 Å². The lowest BCUT2D eigenvalue weighted by Crippen LogP contribution is -1.78. The van der Waals surface area contributed by atoms with Gasteiger partial charge in [-0.15, -0.1) is 0 Å². The fraction of sp³-hybridized carbons (Fsp3) is 0.286. The van der Waals surface area contributed by atoms with E-state index in [1.54, 1.807) is 12.2 Å². The highest BCUT2D eigenvalue weighted by atomic mass is 16.5. The molecule has 0 fully saturated rings. The van der Waals surface area contributed by atoms with Crippen LogP contribution in [-0.4, -0.2) is 12.9 Å². The molecule has 2 heteroatoms. The number of carbonyl (C=O) groups is 1. The van der Waals surface area contributed by atoms with Gasteiger partial charge in [-0.1, -0.05) is 12.7 Å². The molecule has 0 aliphatic heterocycles. The van der Waals surface area contributed by atoms with E-state index < -0.39 is 0 Å². The van der Waals surface area contributed by atoms with Crippen molar-refractivity contribution in [3.63, 3.8) is 0 Å². The second kappa shape index (κ2) is 6.95. The molecule has 0 aromatic heterocycles.